The van der Waals surface area contributed by atoms with Crippen molar-refractivity contribution in [2.75, 3.05) is 16.2 Å². The number of hydrogen-bond acceptors (Lipinski definition) is 6. The number of carbonyl (C=O) groups is 2. The molecule has 3 rings (SSSR count). The molecule has 2 aromatic rings. The number of rotatable bonds is 5. The molecule has 0 atom stereocenters. The maximum atomic E-state index is 12.4. The van der Waals surface area contributed by atoms with Gasteiger partial charge in [0.25, 0.3) is 0 Å². The van der Waals surface area contributed by atoms with Crippen LogP contribution in [-0.2, 0) is 10.3 Å². The molecule has 32 heavy (non-hydrogen) atoms. The Morgan fingerprint density at radius 1 is 1.28 bits per heavy atom. The molecule has 9 nitrogen and oxygen atoms in total. The number of amides is 1. The van der Waals surface area contributed by atoms with Crippen LogP contribution in [0.1, 0.15) is 50.4 Å². The van der Waals surface area contributed by atoms with Crippen LogP contribution >= 0.6 is 22.9 Å². The summed E-state index contributed by atoms with van der Waals surface area (Å²) >= 11 is 2.03. The van der Waals surface area contributed by atoms with Crippen molar-refractivity contribution in [3.63, 3.8) is 0 Å². The number of carboxylic acids is 1. The molecule has 1 aliphatic heterocycles. The molecule has 170 valence electrons. The fraction of sp³-hybridized carbons (Fsp3) is 0.455. The van der Waals surface area contributed by atoms with Gasteiger partial charge < -0.3 is 14.7 Å². The van der Waals surface area contributed by atoms with Crippen LogP contribution in [0.25, 0.3) is 0 Å². The second kappa shape index (κ2) is 9.36. The Morgan fingerprint density at radius 3 is 2.44 bits per heavy atom. The predicted molar refractivity (Wildman–Crippen MR) is 127 cm³/mol. The van der Waals surface area contributed by atoms with Gasteiger partial charge in [0.2, 0.25) is 0 Å². The molecule has 0 bridgehead atoms. The molecule has 0 saturated carbocycles. The summed E-state index contributed by atoms with van der Waals surface area (Å²) in [5, 5.41) is 23.9. The van der Waals surface area contributed by atoms with Gasteiger partial charge in [-0.3, -0.25) is 7.80 Å². The Kier molecular flexibility index (Phi) is 6.97. The first-order chi connectivity index (χ1) is 15.1. The number of carbonyl (C=O) groups excluding carboxylic acids is 1. The van der Waals surface area contributed by atoms with Gasteiger partial charge in [0.1, 0.15) is 11.2 Å². The van der Waals surface area contributed by atoms with Crippen molar-refractivity contribution < 1.29 is 19.4 Å². The third-order valence-corrected chi connectivity index (χ3v) is 6.35. The molecule has 1 fully saturated rings. The smallest absolute Gasteiger partial charge is 0.410 e. The number of anilines is 2. The van der Waals surface area contributed by atoms with E-state index in [1.807, 2.05) is 74.0 Å². The molecule has 1 amide bonds. The highest BCUT2D eigenvalue weighted by atomic mass is 127. The first-order valence-corrected chi connectivity index (χ1v) is 11.2. The molecule has 1 aromatic heterocycles. The SMILES string of the molecule is CC(C)(C)OC(=O)N1CCC(CC#N)(n2cc(C(=O)O)c(N(I)c3ccccc3)n2)CC1. The van der Waals surface area contributed by atoms with Gasteiger partial charge in [0.05, 0.1) is 46.6 Å². The van der Waals surface area contributed by atoms with Crippen LogP contribution in [0.15, 0.2) is 36.5 Å². The maximum absolute atomic E-state index is 12.4. The van der Waals surface area contributed by atoms with Crippen LogP contribution in [-0.4, -0.2) is 50.5 Å². The Morgan fingerprint density at radius 2 is 1.91 bits per heavy atom. The number of aromatic nitrogens is 2. The lowest BCUT2D eigenvalue weighted by Crippen LogP contribution is -2.49. The molecule has 1 N–H and O–H groups in total. The normalized spacial score (nSPS) is 15.7. The number of likely N-dealkylation sites (tertiary alicyclic amines) is 1. The quantitative estimate of drug-likeness (QED) is 0.423. The number of hydrogen-bond donors (Lipinski definition) is 1. The van der Waals surface area contributed by atoms with Gasteiger partial charge >= 0.3 is 12.1 Å². The van der Waals surface area contributed by atoms with E-state index in [0.29, 0.717) is 25.9 Å². The van der Waals surface area contributed by atoms with E-state index in [0.717, 1.165) is 5.69 Å². The van der Waals surface area contributed by atoms with E-state index in [1.165, 1.54) is 6.20 Å². The minimum Gasteiger partial charge on any atom is -0.477 e. The van der Waals surface area contributed by atoms with Crippen LogP contribution in [0, 0.1) is 11.3 Å². The van der Waals surface area contributed by atoms with Gasteiger partial charge in [0, 0.05) is 19.3 Å². The number of benzene rings is 1. The summed E-state index contributed by atoms with van der Waals surface area (Å²) in [5.74, 6) is -0.807. The van der Waals surface area contributed by atoms with E-state index in [2.05, 4.69) is 11.2 Å². The molecule has 0 aliphatic carbocycles. The van der Waals surface area contributed by atoms with Crippen LogP contribution in [0.3, 0.4) is 0 Å². The Balaban J connectivity index is 1.90. The zero-order valence-corrected chi connectivity index (χ0v) is 20.4. The lowest BCUT2D eigenvalue weighted by molar-refractivity contribution is 0.0105. The number of nitriles is 1. The van der Waals surface area contributed by atoms with Gasteiger partial charge in [-0.05, 0) is 45.7 Å². The van der Waals surface area contributed by atoms with Crippen molar-refractivity contribution >= 4 is 46.4 Å². The van der Waals surface area contributed by atoms with E-state index in [1.54, 1.807) is 12.7 Å². The van der Waals surface area contributed by atoms with Crippen molar-refractivity contribution in [1.82, 2.24) is 14.7 Å². The zero-order chi connectivity index (χ0) is 23.5. The summed E-state index contributed by atoms with van der Waals surface area (Å²) in [4.78, 5) is 26.0. The minimum atomic E-state index is -1.10. The summed E-state index contributed by atoms with van der Waals surface area (Å²) in [6.45, 7) is 6.23. The van der Waals surface area contributed by atoms with Gasteiger partial charge in [0.15, 0.2) is 5.82 Å². The molecule has 10 heteroatoms. The molecule has 1 saturated heterocycles. The summed E-state index contributed by atoms with van der Waals surface area (Å²) < 4.78 is 8.76. The van der Waals surface area contributed by atoms with Crippen LogP contribution < -0.4 is 3.11 Å². The average molecular weight is 551 g/mol. The van der Waals surface area contributed by atoms with Gasteiger partial charge in [-0.15, -0.1) is 0 Å². The van der Waals surface area contributed by atoms with Crippen molar-refractivity contribution in [2.24, 2.45) is 0 Å². The Hall–Kier alpha value is -2.81. The molecular formula is C22H26IN5O4. The second-order valence-corrected chi connectivity index (χ2v) is 9.72. The Bertz CT molecular complexity index is 1020. The van der Waals surface area contributed by atoms with E-state index < -0.39 is 23.2 Å². The number of piperidine rings is 1. The summed E-state index contributed by atoms with van der Waals surface area (Å²) in [6, 6.07) is 11.6. The monoisotopic (exact) mass is 551 g/mol. The predicted octanol–water partition coefficient (Wildman–Crippen LogP) is 4.71. The van der Waals surface area contributed by atoms with Crippen molar-refractivity contribution in [3.8, 4) is 6.07 Å². The standard InChI is InChI=1S/C22H26IN5O4/c1-21(2,3)32-20(31)26-13-10-22(9-12-24,11-14-26)27-15-17(19(29)30)18(25-27)28(23)16-7-5-4-6-8-16/h4-8,15H,9-11,13-14H2,1-3H3,(H,29,30). The highest BCUT2D eigenvalue weighted by Gasteiger charge is 2.40. The minimum absolute atomic E-state index is 0.0511. The first kappa shape index (κ1) is 23.8. The number of aromatic carboxylic acids is 1. The molecule has 0 unspecified atom stereocenters. The van der Waals surface area contributed by atoms with Crippen molar-refractivity contribution in [3.05, 3.63) is 42.1 Å². The highest BCUT2D eigenvalue weighted by molar-refractivity contribution is 14.1. The third kappa shape index (κ3) is 5.15. The molecule has 2 heterocycles. The fourth-order valence-electron chi connectivity index (χ4n) is 3.65. The van der Waals surface area contributed by atoms with Gasteiger partial charge in [-0.2, -0.15) is 10.4 Å². The maximum Gasteiger partial charge on any atom is 0.410 e. The van der Waals surface area contributed by atoms with Crippen LogP contribution in [0.4, 0.5) is 16.3 Å². The highest BCUT2D eigenvalue weighted by Crippen LogP contribution is 2.37. The largest absolute Gasteiger partial charge is 0.477 e. The molecular weight excluding hydrogens is 525 g/mol. The number of nitrogens with zero attached hydrogens (tertiary/aromatic N) is 5. The van der Waals surface area contributed by atoms with Crippen molar-refractivity contribution in [2.45, 2.75) is 51.2 Å². The molecule has 0 spiro atoms. The topological polar surface area (TPSA) is 112 Å². The lowest BCUT2D eigenvalue weighted by Gasteiger charge is -2.41. The van der Waals surface area contributed by atoms with E-state index in [9.17, 15) is 20.0 Å². The third-order valence-electron chi connectivity index (χ3n) is 5.33. The summed E-state index contributed by atoms with van der Waals surface area (Å²) in [5.41, 5.74) is -0.457. The number of ether oxygens (including phenoxy) is 1. The van der Waals surface area contributed by atoms with Gasteiger partial charge in [-0.1, -0.05) is 18.2 Å². The van der Waals surface area contributed by atoms with E-state index in [4.69, 9.17) is 4.74 Å². The van der Waals surface area contributed by atoms with Crippen LogP contribution in [0.2, 0.25) is 0 Å². The van der Waals surface area contributed by atoms with Crippen molar-refractivity contribution in [1.29, 1.82) is 5.26 Å². The lowest BCUT2D eigenvalue weighted by atomic mass is 9.85. The molecule has 1 aromatic carbocycles. The second-order valence-electron chi connectivity index (χ2n) is 8.76. The fourth-order valence-corrected chi connectivity index (χ4v) is 4.33. The number of carboxylic acid groups (broad SMARTS) is 1. The molecule has 1 aliphatic rings. The molecule has 0 radical (unpaired) electrons. The van der Waals surface area contributed by atoms with Gasteiger partial charge in [-0.25, -0.2) is 9.59 Å². The summed E-state index contributed by atoms with van der Waals surface area (Å²) in [7, 11) is 0. The van der Waals surface area contributed by atoms with E-state index in [-0.39, 0.29) is 17.8 Å². The zero-order valence-electron chi connectivity index (χ0n) is 18.3. The van der Waals surface area contributed by atoms with Crippen LogP contribution in [0.5, 0.6) is 0 Å². The number of halogens is 1. The average Bonchev–Trinajstić information content (AvgIpc) is 3.20. The Labute approximate surface area is 201 Å². The van der Waals surface area contributed by atoms with E-state index >= 15 is 0 Å². The summed E-state index contributed by atoms with van der Waals surface area (Å²) in [6.07, 6.45) is 2.19. The first-order valence-electron chi connectivity index (χ1n) is 10.3. The number of para-hydroxylation sites is 1.